The zero-order valence-electron chi connectivity index (χ0n) is 7.27. The Bertz CT molecular complexity index is 422. The fourth-order valence-electron chi connectivity index (χ4n) is 1.29. The van der Waals surface area contributed by atoms with Crippen molar-refractivity contribution in [3.8, 4) is 5.75 Å². The van der Waals surface area contributed by atoms with Crippen LogP contribution < -0.4 is 0 Å². The highest BCUT2D eigenvalue weighted by molar-refractivity contribution is 5.76. The van der Waals surface area contributed by atoms with Crippen molar-refractivity contribution >= 4 is 11.0 Å². The molecule has 4 heteroatoms. The first-order valence-corrected chi connectivity index (χ1v) is 3.94. The van der Waals surface area contributed by atoms with Crippen LogP contribution in [0.25, 0.3) is 11.0 Å². The minimum atomic E-state index is 0.241. The first-order chi connectivity index (χ1) is 6.31. The van der Waals surface area contributed by atoms with Gasteiger partial charge in [-0.05, 0) is 12.1 Å². The normalized spacial score (nSPS) is 10.8. The Morgan fingerprint density at radius 1 is 1.54 bits per heavy atom. The molecule has 0 saturated heterocycles. The van der Waals surface area contributed by atoms with Gasteiger partial charge in [0.1, 0.15) is 12.5 Å². The van der Waals surface area contributed by atoms with Gasteiger partial charge in [-0.2, -0.15) is 0 Å². The maximum Gasteiger partial charge on any atom is 0.123 e. The highest BCUT2D eigenvalue weighted by atomic mass is 16.5. The van der Waals surface area contributed by atoms with Crippen LogP contribution in [0.15, 0.2) is 24.5 Å². The van der Waals surface area contributed by atoms with Gasteiger partial charge in [0.2, 0.25) is 0 Å². The van der Waals surface area contributed by atoms with E-state index in [2.05, 4.69) is 4.98 Å². The Morgan fingerprint density at radius 3 is 3.15 bits per heavy atom. The second kappa shape index (κ2) is 3.06. The van der Waals surface area contributed by atoms with Crippen molar-refractivity contribution in [3.05, 3.63) is 24.5 Å². The van der Waals surface area contributed by atoms with Gasteiger partial charge in [0.05, 0.1) is 17.4 Å². The number of benzene rings is 1. The molecule has 2 rings (SSSR count). The van der Waals surface area contributed by atoms with E-state index in [1.54, 1.807) is 31.6 Å². The lowest BCUT2D eigenvalue weighted by Gasteiger charge is -2.01. The topological polar surface area (TPSA) is 47.3 Å². The second-order valence-electron chi connectivity index (χ2n) is 2.81. The molecule has 1 aromatic heterocycles. The highest BCUT2D eigenvalue weighted by Crippen LogP contribution is 2.18. The van der Waals surface area contributed by atoms with E-state index >= 15 is 0 Å². The number of aromatic nitrogens is 2. The molecule has 4 nitrogen and oxygen atoms in total. The molecule has 0 saturated carbocycles. The summed E-state index contributed by atoms with van der Waals surface area (Å²) in [6.45, 7) is 0.444. The third-order valence-electron chi connectivity index (χ3n) is 1.87. The van der Waals surface area contributed by atoms with Crippen molar-refractivity contribution in [3.63, 3.8) is 0 Å². The summed E-state index contributed by atoms with van der Waals surface area (Å²) in [7, 11) is 1.62. The molecule has 0 aliphatic heterocycles. The van der Waals surface area contributed by atoms with Gasteiger partial charge < -0.3 is 14.4 Å². The summed E-state index contributed by atoms with van der Waals surface area (Å²) in [6, 6.07) is 5.06. The monoisotopic (exact) mass is 178 g/mol. The summed E-state index contributed by atoms with van der Waals surface area (Å²) in [4.78, 5) is 4.15. The van der Waals surface area contributed by atoms with E-state index in [1.807, 2.05) is 4.57 Å². The van der Waals surface area contributed by atoms with E-state index in [0.717, 1.165) is 11.0 Å². The highest BCUT2D eigenvalue weighted by Gasteiger charge is 2.01. The maximum absolute atomic E-state index is 9.26. The first kappa shape index (κ1) is 8.07. The molecule has 1 aromatic carbocycles. The largest absolute Gasteiger partial charge is 0.508 e. The molecular weight excluding hydrogens is 168 g/mol. The van der Waals surface area contributed by atoms with Crippen molar-refractivity contribution in [2.24, 2.45) is 0 Å². The van der Waals surface area contributed by atoms with Gasteiger partial charge >= 0.3 is 0 Å². The molecule has 0 amide bonds. The van der Waals surface area contributed by atoms with Crippen LogP contribution in [0.1, 0.15) is 0 Å². The summed E-state index contributed by atoms with van der Waals surface area (Å²) in [5.41, 5.74) is 1.73. The van der Waals surface area contributed by atoms with Gasteiger partial charge in [-0.1, -0.05) is 0 Å². The summed E-state index contributed by atoms with van der Waals surface area (Å²) < 4.78 is 6.80. The number of imidazole rings is 1. The number of hydrogen-bond donors (Lipinski definition) is 1. The minimum Gasteiger partial charge on any atom is -0.508 e. The van der Waals surface area contributed by atoms with Gasteiger partial charge in [-0.15, -0.1) is 0 Å². The summed E-state index contributed by atoms with van der Waals surface area (Å²) in [5.74, 6) is 0.241. The second-order valence-corrected chi connectivity index (χ2v) is 2.81. The number of ether oxygens (including phenoxy) is 1. The van der Waals surface area contributed by atoms with Gasteiger partial charge in [-0.25, -0.2) is 4.98 Å². The molecule has 0 bridgehead atoms. The van der Waals surface area contributed by atoms with E-state index in [-0.39, 0.29) is 5.75 Å². The Balaban J connectivity index is 2.58. The lowest BCUT2D eigenvalue weighted by Crippen LogP contribution is -1.96. The predicted molar refractivity (Wildman–Crippen MR) is 48.4 cm³/mol. The fourth-order valence-corrected chi connectivity index (χ4v) is 1.29. The van der Waals surface area contributed by atoms with Crippen LogP contribution >= 0.6 is 0 Å². The molecule has 0 spiro atoms. The summed E-state index contributed by atoms with van der Waals surface area (Å²) in [6.07, 6.45) is 1.69. The number of rotatable bonds is 2. The Morgan fingerprint density at radius 2 is 2.38 bits per heavy atom. The van der Waals surface area contributed by atoms with Crippen molar-refractivity contribution < 1.29 is 9.84 Å². The smallest absolute Gasteiger partial charge is 0.123 e. The number of phenolic OH excluding ortho intramolecular Hbond substituents is 1. The van der Waals surface area contributed by atoms with Crippen LogP contribution in [0.3, 0.4) is 0 Å². The molecule has 0 fully saturated rings. The molecular formula is C9H10N2O2. The van der Waals surface area contributed by atoms with E-state index in [1.165, 1.54) is 0 Å². The molecule has 0 radical (unpaired) electrons. The fraction of sp³-hybridized carbons (Fsp3) is 0.222. The van der Waals surface area contributed by atoms with Crippen molar-refractivity contribution in [1.82, 2.24) is 9.55 Å². The van der Waals surface area contributed by atoms with Crippen LogP contribution in [0.2, 0.25) is 0 Å². The van der Waals surface area contributed by atoms with E-state index in [0.29, 0.717) is 6.73 Å². The Labute approximate surface area is 75.4 Å². The minimum absolute atomic E-state index is 0.241. The third-order valence-corrected chi connectivity index (χ3v) is 1.87. The number of aromatic hydroxyl groups is 1. The van der Waals surface area contributed by atoms with Crippen molar-refractivity contribution in [2.75, 3.05) is 7.11 Å². The van der Waals surface area contributed by atoms with Crippen LogP contribution in [0, 0.1) is 0 Å². The summed E-state index contributed by atoms with van der Waals surface area (Å²) in [5, 5.41) is 9.26. The van der Waals surface area contributed by atoms with Gasteiger partial charge in [0.25, 0.3) is 0 Å². The van der Waals surface area contributed by atoms with Crippen LogP contribution in [0.4, 0.5) is 0 Å². The van der Waals surface area contributed by atoms with E-state index in [4.69, 9.17) is 4.74 Å². The lowest BCUT2D eigenvalue weighted by atomic mass is 10.3. The molecule has 0 unspecified atom stereocenters. The number of fused-ring (bicyclic) bond motifs is 1. The van der Waals surface area contributed by atoms with E-state index in [9.17, 15) is 5.11 Å². The number of hydrogen-bond acceptors (Lipinski definition) is 3. The maximum atomic E-state index is 9.26. The van der Waals surface area contributed by atoms with Gasteiger partial charge in [0.15, 0.2) is 0 Å². The van der Waals surface area contributed by atoms with Gasteiger partial charge in [0, 0.05) is 13.2 Å². The molecule has 2 aromatic rings. The van der Waals surface area contributed by atoms with Gasteiger partial charge in [-0.3, -0.25) is 0 Å². The lowest BCUT2D eigenvalue weighted by molar-refractivity contribution is 0.134. The van der Waals surface area contributed by atoms with Crippen LogP contribution in [-0.2, 0) is 11.5 Å². The van der Waals surface area contributed by atoms with E-state index < -0.39 is 0 Å². The molecule has 0 atom stereocenters. The molecule has 0 aliphatic carbocycles. The molecule has 68 valence electrons. The average molecular weight is 178 g/mol. The molecule has 0 aliphatic rings. The van der Waals surface area contributed by atoms with Crippen molar-refractivity contribution in [2.45, 2.75) is 6.73 Å². The Hall–Kier alpha value is -1.55. The first-order valence-electron chi connectivity index (χ1n) is 3.94. The summed E-state index contributed by atoms with van der Waals surface area (Å²) >= 11 is 0. The number of phenols is 1. The Kier molecular flexibility index (Phi) is 1.90. The average Bonchev–Trinajstić information content (AvgIpc) is 2.49. The van der Waals surface area contributed by atoms with Crippen LogP contribution in [-0.4, -0.2) is 21.8 Å². The quantitative estimate of drug-likeness (QED) is 0.755. The standard InChI is InChI=1S/C9H10N2O2/c1-13-6-11-5-10-8-3-2-7(12)4-9(8)11/h2-5,12H,6H2,1H3. The third kappa shape index (κ3) is 1.36. The SMILES string of the molecule is COCn1cnc2ccc(O)cc21. The molecule has 1 N–H and O–H groups in total. The van der Waals surface area contributed by atoms with Crippen LogP contribution in [0.5, 0.6) is 5.75 Å². The van der Waals surface area contributed by atoms with Crippen molar-refractivity contribution in [1.29, 1.82) is 0 Å². The zero-order chi connectivity index (χ0) is 9.26. The zero-order valence-corrected chi connectivity index (χ0v) is 7.27. The number of nitrogens with zero attached hydrogens (tertiary/aromatic N) is 2. The molecule has 1 heterocycles. The molecule has 13 heavy (non-hydrogen) atoms. The predicted octanol–water partition coefficient (Wildman–Crippen LogP) is 1.35. The number of methoxy groups -OCH3 is 1.